The lowest BCUT2D eigenvalue weighted by Crippen LogP contribution is -2.28. The topological polar surface area (TPSA) is 42.7 Å². The Morgan fingerprint density at radius 3 is 2.80 bits per heavy atom. The Bertz CT molecular complexity index is 917. The number of aryl methyl sites for hydroxylation is 2. The third-order valence-electron chi connectivity index (χ3n) is 4.90. The molecule has 3 aromatic rings. The van der Waals surface area contributed by atoms with E-state index >= 15 is 0 Å². The number of fused-ring (bicyclic) bond motifs is 1. The fourth-order valence-corrected chi connectivity index (χ4v) is 3.68. The first-order chi connectivity index (χ1) is 12.0. The quantitative estimate of drug-likeness (QED) is 0.714. The smallest absolute Gasteiger partial charge is 0.222 e. The lowest BCUT2D eigenvalue weighted by molar-refractivity contribution is 0.416. The second kappa shape index (κ2) is 6.15. The van der Waals surface area contributed by atoms with Gasteiger partial charge >= 0.3 is 0 Å². The van der Waals surface area contributed by atoms with E-state index in [1.165, 1.54) is 23.5 Å². The van der Waals surface area contributed by atoms with E-state index in [0.717, 1.165) is 5.56 Å². The molecule has 1 aromatic heterocycles. The molecule has 2 heterocycles. The number of benzene rings is 2. The zero-order valence-corrected chi connectivity index (χ0v) is 14.8. The number of hydrogen-bond donors (Lipinski definition) is 1. The highest BCUT2D eigenvalue weighted by Gasteiger charge is 2.32. The lowest BCUT2D eigenvalue weighted by Gasteiger charge is -2.32. The van der Waals surface area contributed by atoms with Crippen molar-refractivity contribution in [3.63, 3.8) is 0 Å². The van der Waals surface area contributed by atoms with Crippen LogP contribution in [0.4, 0.5) is 10.3 Å². The molecule has 0 saturated carbocycles. The molecule has 0 aliphatic carbocycles. The molecule has 6 heteroatoms. The van der Waals surface area contributed by atoms with Gasteiger partial charge in [0.2, 0.25) is 5.95 Å². The molecule has 0 saturated heterocycles. The minimum Gasteiger partial charge on any atom is -0.348 e. The molecule has 25 heavy (non-hydrogen) atoms. The summed E-state index contributed by atoms with van der Waals surface area (Å²) in [5, 5.41) is 8.09. The number of nitrogens with zero attached hydrogens (tertiary/aromatic N) is 3. The molecule has 1 N–H and O–H groups in total. The summed E-state index contributed by atoms with van der Waals surface area (Å²) in [7, 11) is 0. The van der Waals surface area contributed by atoms with Crippen molar-refractivity contribution in [2.45, 2.75) is 32.4 Å². The largest absolute Gasteiger partial charge is 0.348 e. The number of hydrogen-bond acceptors (Lipinski definition) is 3. The normalized spacial score (nSPS) is 19.4. The van der Waals surface area contributed by atoms with Crippen LogP contribution in [0.25, 0.3) is 0 Å². The van der Waals surface area contributed by atoms with Gasteiger partial charge in [-0.3, -0.25) is 0 Å². The molecule has 1 aliphatic heterocycles. The molecule has 0 unspecified atom stereocenters. The molecule has 0 spiro atoms. The van der Waals surface area contributed by atoms with Crippen molar-refractivity contribution in [2.24, 2.45) is 0 Å². The molecule has 0 radical (unpaired) electrons. The van der Waals surface area contributed by atoms with E-state index in [1.807, 2.05) is 0 Å². The van der Waals surface area contributed by atoms with E-state index in [-0.39, 0.29) is 17.9 Å². The molecule has 0 fully saturated rings. The maximum Gasteiger partial charge on any atom is 0.222 e. The van der Waals surface area contributed by atoms with E-state index in [9.17, 15) is 4.39 Å². The van der Waals surface area contributed by atoms with E-state index in [2.05, 4.69) is 47.4 Å². The van der Waals surface area contributed by atoms with Crippen LogP contribution in [0.2, 0.25) is 5.02 Å². The van der Waals surface area contributed by atoms with Crippen LogP contribution in [0.15, 0.2) is 42.7 Å². The van der Waals surface area contributed by atoms with Crippen molar-refractivity contribution < 1.29 is 4.39 Å². The first kappa shape index (κ1) is 16.1. The van der Waals surface area contributed by atoms with Gasteiger partial charge in [0, 0.05) is 10.6 Å². The summed E-state index contributed by atoms with van der Waals surface area (Å²) in [6, 6.07) is 10.8. The van der Waals surface area contributed by atoms with E-state index in [1.54, 1.807) is 16.8 Å². The standard InChI is InChI=1S/C19H18ClFN4/c1-11-6-7-13(8-12(11)2)16-9-17(25-19(24-16)22-10-23-25)18-14(20)4-3-5-15(18)21/h3-8,10,16-17H,9H2,1-2H3,(H,22,23,24)/t16-,17-/m1/s1. The van der Waals surface area contributed by atoms with Crippen molar-refractivity contribution in [1.82, 2.24) is 14.8 Å². The Hall–Kier alpha value is -2.40. The summed E-state index contributed by atoms with van der Waals surface area (Å²) in [5.41, 5.74) is 4.09. The minimum atomic E-state index is -0.320. The summed E-state index contributed by atoms with van der Waals surface area (Å²) < 4.78 is 16.2. The molecule has 2 aromatic carbocycles. The molecule has 4 rings (SSSR count). The molecule has 0 bridgehead atoms. The van der Waals surface area contributed by atoms with E-state index in [4.69, 9.17) is 11.6 Å². The SMILES string of the molecule is Cc1ccc([C@H]2C[C@H](c3c(F)cccc3Cl)n3ncnc3N2)cc1C. The summed E-state index contributed by atoms with van der Waals surface area (Å²) in [6.07, 6.45) is 2.12. The van der Waals surface area contributed by atoms with Crippen LogP contribution in [-0.4, -0.2) is 14.8 Å². The van der Waals surface area contributed by atoms with Crippen molar-refractivity contribution in [2.75, 3.05) is 5.32 Å². The van der Waals surface area contributed by atoms with Crippen LogP contribution in [-0.2, 0) is 0 Å². The first-order valence-electron chi connectivity index (χ1n) is 8.21. The van der Waals surface area contributed by atoms with Crippen LogP contribution < -0.4 is 5.32 Å². The Kier molecular flexibility index (Phi) is 3.96. The van der Waals surface area contributed by atoms with Crippen molar-refractivity contribution in [1.29, 1.82) is 0 Å². The molecule has 4 nitrogen and oxygen atoms in total. The van der Waals surface area contributed by atoms with Gasteiger partial charge in [0.15, 0.2) is 0 Å². The molecule has 2 atom stereocenters. The Morgan fingerprint density at radius 1 is 1.20 bits per heavy atom. The van der Waals surface area contributed by atoms with Gasteiger partial charge in [0.25, 0.3) is 0 Å². The fraction of sp³-hybridized carbons (Fsp3) is 0.263. The Morgan fingerprint density at radius 2 is 2.04 bits per heavy atom. The van der Waals surface area contributed by atoms with Crippen molar-refractivity contribution in [3.8, 4) is 0 Å². The van der Waals surface area contributed by atoms with Gasteiger partial charge in [-0.25, -0.2) is 9.07 Å². The summed E-state index contributed by atoms with van der Waals surface area (Å²) in [5.74, 6) is 0.304. The second-order valence-electron chi connectivity index (χ2n) is 6.46. The van der Waals surface area contributed by atoms with Gasteiger partial charge in [0.05, 0.1) is 12.1 Å². The fourth-order valence-electron chi connectivity index (χ4n) is 3.39. The zero-order chi connectivity index (χ0) is 17.6. The van der Waals surface area contributed by atoms with Crippen molar-refractivity contribution >= 4 is 17.5 Å². The van der Waals surface area contributed by atoms with Crippen LogP contribution in [0.1, 0.15) is 40.8 Å². The number of aromatic nitrogens is 3. The monoisotopic (exact) mass is 356 g/mol. The highest BCUT2D eigenvalue weighted by Crippen LogP contribution is 2.40. The van der Waals surface area contributed by atoms with Crippen molar-refractivity contribution in [3.05, 3.63) is 75.8 Å². The number of rotatable bonds is 2. The first-order valence-corrected chi connectivity index (χ1v) is 8.59. The Labute approximate surface area is 150 Å². The molecule has 128 valence electrons. The number of halogens is 2. The highest BCUT2D eigenvalue weighted by molar-refractivity contribution is 6.31. The lowest BCUT2D eigenvalue weighted by atomic mass is 9.91. The molecule has 0 amide bonds. The second-order valence-corrected chi connectivity index (χ2v) is 6.86. The van der Waals surface area contributed by atoms with Gasteiger partial charge in [-0.15, -0.1) is 0 Å². The third kappa shape index (κ3) is 2.78. The summed E-state index contributed by atoms with van der Waals surface area (Å²) in [4.78, 5) is 4.28. The van der Waals surface area contributed by atoms with Crippen LogP contribution in [0.3, 0.4) is 0 Å². The van der Waals surface area contributed by atoms with E-state index in [0.29, 0.717) is 23.0 Å². The van der Waals surface area contributed by atoms with Crippen LogP contribution >= 0.6 is 11.6 Å². The van der Waals surface area contributed by atoms with Gasteiger partial charge in [-0.05, 0) is 49.1 Å². The zero-order valence-electron chi connectivity index (χ0n) is 14.0. The predicted octanol–water partition coefficient (Wildman–Crippen LogP) is 4.83. The number of anilines is 1. The average molecular weight is 357 g/mol. The number of nitrogens with one attached hydrogen (secondary N) is 1. The Balaban J connectivity index is 1.79. The summed E-state index contributed by atoms with van der Waals surface area (Å²) in [6.45, 7) is 4.18. The maximum atomic E-state index is 14.5. The average Bonchev–Trinajstić information content (AvgIpc) is 3.05. The van der Waals surface area contributed by atoms with Gasteiger partial charge in [-0.2, -0.15) is 10.1 Å². The highest BCUT2D eigenvalue weighted by atomic mass is 35.5. The maximum absolute atomic E-state index is 14.5. The molecular formula is C19H18ClFN4. The van der Waals surface area contributed by atoms with Crippen LogP contribution in [0.5, 0.6) is 0 Å². The van der Waals surface area contributed by atoms with Gasteiger partial charge in [0.1, 0.15) is 12.1 Å². The molecule has 1 aliphatic rings. The third-order valence-corrected chi connectivity index (χ3v) is 5.23. The summed E-state index contributed by atoms with van der Waals surface area (Å²) >= 11 is 6.31. The van der Waals surface area contributed by atoms with Gasteiger partial charge in [-0.1, -0.05) is 35.9 Å². The predicted molar refractivity (Wildman–Crippen MR) is 96.5 cm³/mol. The van der Waals surface area contributed by atoms with Crippen LogP contribution in [0, 0.1) is 19.7 Å². The van der Waals surface area contributed by atoms with E-state index < -0.39 is 0 Å². The van der Waals surface area contributed by atoms with Gasteiger partial charge < -0.3 is 5.32 Å². The minimum absolute atomic E-state index is 0.0108. The molecular weight excluding hydrogens is 339 g/mol.